The summed E-state index contributed by atoms with van der Waals surface area (Å²) in [5.74, 6) is 1.31. The third-order valence-electron chi connectivity index (χ3n) is 2.54. The first-order chi connectivity index (χ1) is 8.34. The Hall–Kier alpha value is -2.43. The van der Waals surface area contributed by atoms with Gasteiger partial charge in [-0.25, -0.2) is 4.68 Å². The van der Waals surface area contributed by atoms with Gasteiger partial charge < -0.3 is 0 Å². The molecule has 1 aromatic carbocycles. The predicted molar refractivity (Wildman–Crippen MR) is 63.7 cm³/mol. The molecule has 5 nitrogen and oxygen atoms in total. The van der Waals surface area contributed by atoms with Crippen LogP contribution in [0, 0.1) is 6.92 Å². The molecule has 2 heterocycles. The van der Waals surface area contributed by atoms with Gasteiger partial charge in [0.15, 0.2) is 5.82 Å². The van der Waals surface area contributed by atoms with Gasteiger partial charge in [0, 0.05) is 17.5 Å². The number of aryl methyl sites for hydroxylation is 1. The van der Waals surface area contributed by atoms with Crippen LogP contribution in [0.25, 0.3) is 17.3 Å². The molecule has 0 saturated carbocycles. The quantitative estimate of drug-likeness (QED) is 0.725. The summed E-state index contributed by atoms with van der Waals surface area (Å²) < 4.78 is 1.70. The van der Waals surface area contributed by atoms with Gasteiger partial charge in [-0.05, 0) is 13.0 Å². The third-order valence-corrected chi connectivity index (χ3v) is 2.54. The lowest BCUT2D eigenvalue weighted by atomic mass is 10.2. The fourth-order valence-electron chi connectivity index (χ4n) is 1.65. The van der Waals surface area contributed by atoms with E-state index in [2.05, 4.69) is 20.3 Å². The van der Waals surface area contributed by atoms with E-state index >= 15 is 0 Å². The summed E-state index contributed by atoms with van der Waals surface area (Å²) in [7, 11) is 0. The van der Waals surface area contributed by atoms with Gasteiger partial charge in [0.25, 0.3) is 5.95 Å². The molecular weight excluding hydrogens is 214 g/mol. The summed E-state index contributed by atoms with van der Waals surface area (Å²) in [4.78, 5) is 4.42. The first-order valence-electron chi connectivity index (χ1n) is 5.33. The predicted octanol–water partition coefficient (Wildman–Crippen LogP) is 1.97. The second kappa shape index (κ2) is 3.86. The summed E-state index contributed by atoms with van der Waals surface area (Å²) in [6.07, 6.45) is 1.73. The van der Waals surface area contributed by atoms with Gasteiger partial charge in [0.2, 0.25) is 0 Å². The van der Waals surface area contributed by atoms with Gasteiger partial charge in [-0.15, -0.1) is 5.10 Å². The number of benzene rings is 1. The summed E-state index contributed by atoms with van der Waals surface area (Å²) in [6.45, 7) is 1.96. The Kier molecular flexibility index (Phi) is 2.22. The van der Waals surface area contributed by atoms with Crippen molar-refractivity contribution >= 4 is 0 Å². The van der Waals surface area contributed by atoms with Crippen molar-refractivity contribution in [3.63, 3.8) is 0 Å². The first kappa shape index (κ1) is 9.77. The van der Waals surface area contributed by atoms with Gasteiger partial charge >= 0.3 is 0 Å². The van der Waals surface area contributed by atoms with E-state index < -0.39 is 0 Å². The monoisotopic (exact) mass is 225 g/mol. The molecule has 0 radical (unpaired) electrons. The highest BCUT2D eigenvalue weighted by molar-refractivity contribution is 5.54. The van der Waals surface area contributed by atoms with Crippen LogP contribution in [-0.4, -0.2) is 25.0 Å². The van der Waals surface area contributed by atoms with E-state index in [0.717, 1.165) is 17.1 Å². The molecule has 84 valence electrons. The van der Waals surface area contributed by atoms with E-state index in [0.29, 0.717) is 5.95 Å². The van der Waals surface area contributed by atoms with E-state index in [1.165, 1.54) is 0 Å². The highest BCUT2D eigenvalue weighted by atomic mass is 15.4. The van der Waals surface area contributed by atoms with Gasteiger partial charge in [-0.2, -0.15) is 10.1 Å². The highest BCUT2D eigenvalue weighted by Gasteiger charge is 2.08. The summed E-state index contributed by atoms with van der Waals surface area (Å²) >= 11 is 0. The van der Waals surface area contributed by atoms with Crippen molar-refractivity contribution in [1.29, 1.82) is 0 Å². The molecule has 0 aliphatic rings. The number of hydrogen-bond acceptors (Lipinski definition) is 3. The molecular formula is C12H11N5. The van der Waals surface area contributed by atoms with Crippen LogP contribution in [-0.2, 0) is 0 Å². The van der Waals surface area contributed by atoms with Gasteiger partial charge in [0.05, 0.1) is 0 Å². The third kappa shape index (κ3) is 1.71. The second-order valence-electron chi connectivity index (χ2n) is 3.73. The molecule has 2 aromatic heterocycles. The topological polar surface area (TPSA) is 59.4 Å². The number of rotatable bonds is 2. The number of nitrogens with zero attached hydrogens (tertiary/aromatic N) is 4. The minimum atomic E-state index is 0.561. The normalized spacial score (nSPS) is 10.6. The number of nitrogens with one attached hydrogen (secondary N) is 1. The van der Waals surface area contributed by atoms with Crippen molar-refractivity contribution < 1.29 is 0 Å². The highest BCUT2D eigenvalue weighted by Crippen LogP contribution is 2.14. The van der Waals surface area contributed by atoms with Crippen molar-refractivity contribution in [3.8, 4) is 17.3 Å². The number of aromatic nitrogens is 5. The maximum absolute atomic E-state index is 4.42. The average molecular weight is 225 g/mol. The van der Waals surface area contributed by atoms with Gasteiger partial charge in [-0.3, -0.25) is 5.10 Å². The molecule has 17 heavy (non-hydrogen) atoms. The molecule has 0 spiro atoms. The Morgan fingerprint density at radius 3 is 2.65 bits per heavy atom. The van der Waals surface area contributed by atoms with Crippen molar-refractivity contribution in [1.82, 2.24) is 25.0 Å². The molecule has 0 fully saturated rings. The smallest absolute Gasteiger partial charge is 0.257 e. The lowest BCUT2D eigenvalue weighted by molar-refractivity contribution is 0.788. The van der Waals surface area contributed by atoms with Crippen LogP contribution in [0.15, 0.2) is 42.6 Å². The Bertz CT molecular complexity index is 623. The van der Waals surface area contributed by atoms with E-state index in [9.17, 15) is 0 Å². The van der Waals surface area contributed by atoms with E-state index in [4.69, 9.17) is 0 Å². The Balaban J connectivity index is 2.02. The summed E-state index contributed by atoms with van der Waals surface area (Å²) in [5.41, 5.74) is 2.01. The average Bonchev–Trinajstić information content (AvgIpc) is 2.98. The molecule has 0 aliphatic carbocycles. The molecule has 3 aromatic rings. The number of hydrogen-bond donors (Lipinski definition) is 1. The van der Waals surface area contributed by atoms with Crippen molar-refractivity contribution in [2.75, 3.05) is 0 Å². The first-order valence-corrected chi connectivity index (χ1v) is 5.33. The van der Waals surface area contributed by atoms with Crippen LogP contribution in [0.2, 0.25) is 0 Å². The molecule has 0 atom stereocenters. The maximum Gasteiger partial charge on any atom is 0.269 e. The Morgan fingerprint density at radius 2 is 1.94 bits per heavy atom. The molecule has 1 N–H and O–H groups in total. The molecule has 3 rings (SSSR count). The lowest BCUT2D eigenvalue weighted by Gasteiger charge is -1.96. The van der Waals surface area contributed by atoms with E-state index in [1.807, 2.05) is 43.3 Å². The lowest BCUT2D eigenvalue weighted by Crippen LogP contribution is -2.00. The summed E-state index contributed by atoms with van der Waals surface area (Å²) in [5, 5.41) is 11.2. The molecule has 0 unspecified atom stereocenters. The zero-order chi connectivity index (χ0) is 11.7. The van der Waals surface area contributed by atoms with Crippen LogP contribution in [0.3, 0.4) is 0 Å². The Labute approximate surface area is 98.1 Å². The molecule has 0 aliphatic heterocycles. The van der Waals surface area contributed by atoms with Crippen molar-refractivity contribution in [2.24, 2.45) is 0 Å². The van der Waals surface area contributed by atoms with Crippen LogP contribution >= 0.6 is 0 Å². The minimum absolute atomic E-state index is 0.561. The van der Waals surface area contributed by atoms with Crippen LogP contribution in [0.5, 0.6) is 0 Å². The van der Waals surface area contributed by atoms with Crippen molar-refractivity contribution in [3.05, 3.63) is 48.3 Å². The fraction of sp³-hybridized carbons (Fsp3) is 0.0833. The summed E-state index contributed by atoms with van der Waals surface area (Å²) in [6, 6.07) is 11.8. The van der Waals surface area contributed by atoms with E-state index in [-0.39, 0.29) is 0 Å². The van der Waals surface area contributed by atoms with Crippen LogP contribution in [0.1, 0.15) is 5.69 Å². The zero-order valence-electron chi connectivity index (χ0n) is 9.33. The Morgan fingerprint density at radius 1 is 1.12 bits per heavy atom. The largest absolute Gasteiger partial charge is 0.269 e. The maximum atomic E-state index is 4.42. The molecule has 0 amide bonds. The molecule has 0 saturated heterocycles. The number of H-pyrrole nitrogens is 1. The van der Waals surface area contributed by atoms with E-state index in [1.54, 1.807) is 10.9 Å². The van der Waals surface area contributed by atoms with Crippen molar-refractivity contribution in [2.45, 2.75) is 6.92 Å². The zero-order valence-corrected chi connectivity index (χ0v) is 9.33. The molecule has 0 bridgehead atoms. The number of aromatic amines is 1. The van der Waals surface area contributed by atoms with Crippen LogP contribution < -0.4 is 0 Å². The SMILES string of the molecule is Cc1ccnn1-c1n[nH]c(-c2ccccc2)n1. The van der Waals surface area contributed by atoms with Gasteiger partial charge in [-0.1, -0.05) is 30.3 Å². The van der Waals surface area contributed by atoms with Gasteiger partial charge in [0.1, 0.15) is 0 Å². The fourth-order valence-corrected chi connectivity index (χ4v) is 1.65. The standard InChI is InChI=1S/C12H11N5/c1-9-7-8-13-17(9)12-14-11(15-16-12)10-5-3-2-4-6-10/h2-8H,1H3,(H,14,15,16). The second-order valence-corrected chi connectivity index (χ2v) is 3.73. The minimum Gasteiger partial charge on any atom is -0.257 e. The van der Waals surface area contributed by atoms with Crippen LogP contribution in [0.4, 0.5) is 0 Å². The molecule has 5 heteroatoms.